The molecule has 17 rings (SSSR count). The maximum Gasteiger partial charge on any atom is 0.164 e. The number of aromatic nitrogens is 6. The lowest BCUT2D eigenvalue weighted by molar-refractivity contribution is 1.07. The number of nitrogens with zero attached hydrogens (tertiary/aromatic N) is 6. The van der Waals surface area contributed by atoms with Crippen molar-refractivity contribution < 1.29 is 0 Å². The van der Waals surface area contributed by atoms with E-state index < -0.39 is 0 Å². The molecular formula is C81H52N6. The highest BCUT2D eigenvalue weighted by Crippen LogP contribution is 2.46. The Balaban J connectivity index is 0.954. The molecule has 6 heteroatoms. The Morgan fingerprint density at radius 2 is 0.471 bits per heavy atom. The number of hydrogen-bond donors (Lipinski definition) is 0. The summed E-state index contributed by atoms with van der Waals surface area (Å²) in [5.74, 6) is 1.75. The molecule has 87 heavy (non-hydrogen) atoms. The third kappa shape index (κ3) is 8.45. The van der Waals surface area contributed by atoms with Crippen molar-refractivity contribution in [2.24, 2.45) is 0 Å². The summed E-state index contributed by atoms with van der Waals surface area (Å²) in [6, 6.07) is 113. The van der Waals surface area contributed by atoms with Crippen molar-refractivity contribution in [3.63, 3.8) is 0 Å². The van der Waals surface area contributed by atoms with Crippen molar-refractivity contribution in [2.75, 3.05) is 0 Å². The van der Waals surface area contributed by atoms with Gasteiger partial charge in [0.15, 0.2) is 17.5 Å². The number of hydrogen-bond acceptors (Lipinski definition) is 3. The number of fused-ring (bicyclic) bond motifs is 9. The van der Waals surface area contributed by atoms with Gasteiger partial charge < -0.3 is 13.7 Å². The number of benzene rings is 13. The Hall–Kier alpha value is -11.7. The second kappa shape index (κ2) is 20.6. The van der Waals surface area contributed by atoms with Crippen molar-refractivity contribution in [3.05, 3.63) is 315 Å². The average molecular weight is 1110 g/mol. The molecule has 6 nitrogen and oxygen atoms in total. The molecule has 406 valence electrons. The first-order valence-corrected chi connectivity index (χ1v) is 29.6. The van der Waals surface area contributed by atoms with Crippen molar-refractivity contribution in [1.82, 2.24) is 28.7 Å². The number of rotatable bonds is 10. The normalized spacial score (nSPS) is 11.7. The molecule has 0 aliphatic carbocycles. The van der Waals surface area contributed by atoms with E-state index in [0.29, 0.717) is 17.5 Å². The van der Waals surface area contributed by atoms with E-state index in [4.69, 9.17) is 15.0 Å². The van der Waals surface area contributed by atoms with Gasteiger partial charge in [-0.1, -0.05) is 224 Å². The van der Waals surface area contributed by atoms with Crippen LogP contribution in [0.2, 0.25) is 0 Å². The lowest BCUT2D eigenvalue weighted by Crippen LogP contribution is -2.04. The van der Waals surface area contributed by atoms with E-state index in [1.54, 1.807) is 0 Å². The molecule has 0 aliphatic rings. The quantitative estimate of drug-likeness (QED) is 0.137. The summed E-state index contributed by atoms with van der Waals surface area (Å²) in [6.45, 7) is 0. The lowest BCUT2D eigenvalue weighted by atomic mass is 9.92. The molecule has 0 fully saturated rings. The van der Waals surface area contributed by atoms with Crippen molar-refractivity contribution in [1.29, 1.82) is 0 Å². The molecule has 17 aromatic rings. The van der Waals surface area contributed by atoms with Gasteiger partial charge in [-0.25, -0.2) is 15.0 Å². The lowest BCUT2D eigenvalue weighted by Gasteiger charge is -2.21. The molecule has 0 saturated carbocycles. The first kappa shape index (κ1) is 49.8. The van der Waals surface area contributed by atoms with E-state index in [0.717, 1.165) is 100 Å². The van der Waals surface area contributed by atoms with Crippen LogP contribution in [0.15, 0.2) is 315 Å². The van der Waals surface area contributed by atoms with E-state index in [1.807, 2.05) is 18.2 Å². The zero-order valence-electron chi connectivity index (χ0n) is 47.2. The van der Waals surface area contributed by atoms with Crippen LogP contribution < -0.4 is 0 Å². The van der Waals surface area contributed by atoms with Crippen LogP contribution in [0.3, 0.4) is 0 Å². The van der Waals surface area contributed by atoms with Crippen LogP contribution in [0.4, 0.5) is 0 Å². The zero-order chi connectivity index (χ0) is 57.4. The van der Waals surface area contributed by atoms with Gasteiger partial charge in [0.2, 0.25) is 0 Å². The Morgan fingerprint density at radius 1 is 0.184 bits per heavy atom. The molecule has 0 bridgehead atoms. The van der Waals surface area contributed by atoms with E-state index in [9.17, 15) is 0 Å². The molecule has 4 aromatic heterocycles. The van der Waals surface area contributed by atoms with Gasteiger partial charge in [-0.15, -0.1) is 0 Å². The zero-order valence-corrected chi connectivity index (χ0v) is 47.2. The smallest absolute Gasteiger partial charge is 0.164 e. The SMILES string of the molecule is c1ccc(-c2cc(-c3ccccc3)cc(-c3nc(-c4ccccc4)nc(-c4cc(-c5ccccc5)c(-n5c6ccc(-n7c8ccccc8c8ccccc87)cc6c6cc(-n7c8ccccc8c8ccccc87)ccc65)c(-c5ccccc5)c4)n3)c2)cc1. The van der Waals surface area contributed by atoms with Gasteiger partial charge in [0.25, 0.3) is 0 Å². The highest BCUT2D eigenvalue weighted by atomic mass is 15.0. The van der Waals surface area contributed by atoms with Crippen molar-refractivity contribution in [2.45, 2.75) is 0 Å². The monoisotopic (exact) mass is 1110 g/mol. The number of para-hydroxylation sites is 4. The molecule has 4 heterocycles. The average Bonchev–Trinajstić information content (AvgIpc) is 1.77. The fourth-order valence-corrected chi connectivity index (χ4v) is 13.3. The molecule has 0 aliphatic heterocycles. The molecule has 0 atom stereocenters. The van der Waals surface area contributed by atoms with Crippen LogP contribution in [0.1, 0.15) is 0 Å². The van der Waals surface area contributed by atoms with Gasteiger partial charge >= 0.3 is 0 Å². The highest BCUT2D eigenvalue weighted by Gasteiger charge is 2.25. The van der Waals surface area contributed by atoms with E-state index in [1.165, 1.54) is 43.6 Å². The van der Waals surface area contributed by atoms with Crippen LogP contribution in [0, 0.1) is 0 Å². The Kier molecular flexibility index (Phi) is 11.8. The summed E-state index contributed by atoms with van der Waals surface area (Å²) < 4.78 is 7.37. The summed E-state index contributed by atoms with van der Waals surface area (Å²) in [4.78, 5) is 16.3. The standard InChI is InChI=1S/C81H52N6/c1-6-24-53(25-7-1)58-46-59(54-26-8-2-9-27-54)48-60(47-58)80-82-79(57-32-14-5-15-33-57)83-81(84-80)61-49-68(55-28-10-3-11-29-55)78(69(50-61)56-30-12-4-13-31-56)87-76-44-42-62(85-72-38-20-16-34-64(72)65-35-17-21-39-73(65)85)51-70(76)71-52-63(43-45-77(71)87)86-74-40-22-18-36-66(74)67-37-19-23-41-75(67)86/h1-52H. The predicted octanol–water partition coefficient (Wildman–Crippen LogP) is 20.8. The molecule has 0 spiro atoms. The van der Waals surface area contributed by atoms with Gasteiger partial charge in [0.1, 0.15) is 0 Å². The van der Waals surface area contributed by atoms with E-state index in [-0.39, 0.29) is 0 Å². The topological polar surface area (TPSA) is 53.5 Å². The molecule has 0 radical (unpaired) electrons. The summed E-state index contributed by atoms with van der Waals surface area (Å²) in [7, 11) is 0. The first-order valence-electron chi connectivity index (χ1n) is 29.6. The van der Waals surface area contributed by atoms with Crippen LogP contribution in [-0.4, -0.2) is 28.7 Å². The fraction of sp³-hybridized carbons (Fsp3) is 0. The highest BCUT2D eigenvalue weighted by molar-refractivity contribution is 6.15. The van der Waals surface area contributed by atoms with Crippen molar-refractivity contribution in [3.8, 4) is 95.7 Å². The molecular weight excluding hydrogens is 1060 g/mol. The van der Waals surface area contributed by atoms with Crippen LogP contribution >= 0.6 is 0 Å². The van der Waals surface area contributed by atoms with Gasteiger partial charge in [-0.05, 0) is 124 Å². The molecule has 0 unspecified atom stereocenters. The minimum Gasteiger partial charge on any atom is -0.309 e. The second-order valence-electron chi connectivity index (χ2n) is 22.3. The third-order valence-corrected chi connectivity index (χ3v) is 17.2. The molecule has 0 N–H and O–H groups in total. The van der Waals surface area contributed by atoms with Crippen LogP contribution in [0.25, 0.3) is 161 Å². The Labute approximate surface area is 502 Å². The third-order valence-electron chi connectivity index (χ3n) is 17.2. The molecule has 0 saturated heterocycles. The Bertz CT molecular complexity index is 5100. The minimum atomic E-state index is 0.569. The van der Waals surface area contributed by atoms with Gasteiger partial charge in [0, 0.05) is 71.5 Å². The van der Waals surface area contributed by atoms with Crippen LogP contribution in [0.5, 0.6) is 0 Å². The van der Waals surface area contributed by atoms with Gasteiger partial charge in [-0.3, -0.25) is 0 Å². The first-order chi connectivity index (χ1) is 43.1. The van der Waals surface area contributed by atoms with Crippen LogP contribution in [-0.2, 0) is 0 Å². The maximum atomic E-state index is 5.55. The fourth-order valence-electron chi connectivity index (χ4n) is 13.3. The van der Waals surface area contributed by atoms with E-state index in [2.05, 4.69) is 311 Å². The summed E-state index contributed by atoms with van der Waals surface area (Å²) in [5, 5.41) is 7.17. The maximum absolute atomic E-state index is 5.55. The second-order valence-corrected chi connectivity index (χ2v) is 22.3. The summed E-state index contributed by atoms with van der Waals surface area (Å²) >= 11 is 0. The summed E-state index contributed by atoms with van der Waals surface area (Å²) in [5.41, 5.74) is 21.3. The molecule has 13 aromatic carbocycles. The minimum absolute atomic E-state index is 0.569. The molecule has 0 amide bonds. The largest absolute Gasteiger partial charge is 0.309 e. The van der Waals surface area contributed by atoms with Crippen molar-refractivity contribution >= 4 is 65.4 Å². The Morgan fingerprint density at radius 3 is 0.851 bits per heavy atom. The van der Waals surface area contributed by atoms with Gasteiger partial charge in [-0.2, -0.15) is 0 Å². The summed E-state index contributed by atoms with van der Waals surface area (Å²) in [6.07, 6.45) is 0. The van der Waals surface area contributed by atoms with Gasteiger partial charge in [0.05, 0.1) is 38.8 Å². The predicted molar refractivity (Wildman–Crippen MR) is 361 cm³/mol. The van der Waals surface area contributed by atoms with E-state index >= 15 is 0 Å².